The second-order valence-electron chi connectivity index (χ2n) is 5.51. The van der Waals surface area contributed by atoms with Crippen LogP contribution in [-0.2, 0) is 0 Å². The fourth-order valence-electron chi connectivity index (χ4n) is 2.45. The minimum atomic E-state index is -1.54. The molecule has 0 spiro atoms. The maximum absolute atomic E-state index is 13.9. The highest BCUT2D eigenvalue weighted by Gasteiger charge is 2.24. The number of thiophene rings is 1. The summed E-state index contributed by atoms with van der Waals surface area (Å²) < 4.78 is 31.8. The average Bonchev–Trinajstić information content (AvgIpc) is 3.04. The second-order valence-corrected chi connectivity index (χ2v) is 6.52. The molecule has 0 aliphatic heterocycles. The first-order valence-corrected chi connectivity index (χ1v) is 8.51. The number of carbonyl (C=O) groups is 2. The van der Waals surface area contributed by atoms with Gasteiger partial charge in [-0.2, -0.15) is 0 Å². The Hall–Kier alpha value is -3.26. The van der Waals surface area contributed by atoms with E-state index in [0.717, 1.165) is 33.9 Å². The summed E-state index contributed by atoms with van der Waals surface area (Å²) in [5, 5.41) is 8.93. The SMILES string of the molecule is CN(C(=O)c1ccc(F)cc1F)c1cc(-c2ccccc2)sc1OC(=O)O. The van der Waals surface area contributed by atoms with Gasteiger partial charge in [0.1, 0.15) is 11.6 Å². The van der Waals surface area contributed by atoms with E-state index in [1.165, 1.54) is 7.05 Å². The number of benzene rings is 2. The van der Waals surface area contributed by atoms with Crippen LogP contribution in [0.5, 0.6) is 5.06 Å². The van der Waals surface area contributed by atoms with Crippen molar-refractivity contribution < 1.29 is 28.2 Å². The average molecular weight is 389 g/mol. The zero-order valence-corrected chi connectivity index (χ0v) is 14.8. The normalized spacial score (nSPS) is 10.5. The van der Waals surface area contributed by atoms with Crippen LogP contribution in [0.3, 0.4) is 0 Å². The Balaban J connectivity index is 2.01. The van der Waals surface area contributed by atoms with E-state index in [9.17, 15) is 18.4 Å². The summed E-state index contributed by atoms with van der Waals surface area (Å²) in [6.45, 7) is 0. The molecule has 0 saturated carbocycles. The third kappa shape index (κ3) is 3.95. The smallest absolute Gasteiger partial charge is 0.449 e. The molecule has 138 valence electrons. The van der Waals surface area contributed by atoms with E-state index in [1.807, 2.05) is 30.3 Å². The Morgan fingerprint density at radius 2 is 1.78 bits per heavy atom. The second kappa shape index (κ2) is 7.55. The number of hydrogen-bond donors (Lipinski definition) is 1. The van der Waals surface area contributed by atoms with E-state index in [-0.39, 0.29) is 16.3 Å². The fourth-order valence-corrected chi connectivity index (χ4v) is 3.49. The summed E-state index contributed by atoms with van der Waals surface area (Å²) in [6.07, 6.45) is -1.54. The molecule has 0 bridgehead atoms. The van der Waals surface area contributed by atoms with Gasteiger partial charge in [-0.05, 0) is 23.8 Å². The number of amides is 1. The van der Waals surface area contributed by atoms with Gasteiger partial charge in [-0.25, -0.2) is 13.6 Å². The zero-order chi connectivity index (χ0) is 19.6. The predicted molar refractivity (Wildman–Crippen MR) is 97.5 cm³/mol. The molecule has 0 radical (unpaired) electrons. The van der Waals surface area contributed by atoms with Gasteiger partial charge in [0, 0.05) is 18.0 Å². The molecule has 0 unspecified atom stereocenters. The lowest BCUT2D eigenvalue weighted by Crippen LogP contribution is -2.27. The summed E-state index contributed by atoms with van der Waals surface area (Å²) in [4.78, 5) is 25.4. The Morgan fingerprint density at radius 3 is 2.41 bits per heavy atom. The minimum absolute atomic E-state index is 0.0280. The number of ether oxygens (including phenoxy) is 1. The Kier molecular flexibility index (Phi) is 5.18. The minimum Gasteiger partial charge on any atom is -0.449 e. The van der Waals surface area contributed by atoms with E-state index < -0.39 is 23.7 Å². The van der Waals surface area contributed by atoms with Gasteiger partial charge in [0.25, 0.3) is 5.91 Å². The van der Waals surface area contributed by atoms with Gasteiger partial charge >= 0.3 is 6.16 Å². The number of nitrogens with zero attached hydrogens (tertiary/aromatic N) is 1. The number of carbonyl (C=O) groups excluding carboxylic acids is 1. The molecule has 2 aromatic carbocycles. The number of anilines is 1. The van der Waals surface area contributed by atoms with Crippen molar-refractivity contribution in [2.45, 2.75) is 0 Å². The number of carboxylic acid groups (broad SMARTS) is 1. The van der Waals surface area contributed by atoms with Crippen molar-refractivity contribution in [3.63, 3.8) is 0 Å². The van der Waals surface area contributed by atoms with Crippen molar-refractivity contribution in [3.05, 3.63) is 71.8 Å². The molecule has 5 nitrogen and oxygen atoms in total. The summed E-state index contributed by atoms with van der Waals surface area (Å²) >= 11 is 1.04. The lowest BCUT2D eigenvalue weighted by atomic mass is 10.1. The molecule has 1 amide bonds. The lowest BCUT2D eigenvalue weighted by Gasteiger charge is -2.17. The summed E-state index contributed by atoms with van der Waals surface area (Å²) in [5.41, 5.74) is 0.625. The molecule has 0 fully saturated rings. The fraction of sp³-hybridized carbons (Fsp3) is 0.0526. The summed E-state index contributed by atoms with van der Waals surface area (Å²) in [5.74, 6) is -2.57. The standard InChI is InChI=1S/C19H13F2NO4S/c1-22(17(23)13-8-7-12(20)9-14(13)21)15-10-16(11-5-3-2-4-6-11)27-18(15)26-19(24)25/h2-10H,1H3,(H,24,25). The monoisotopic (exact) mass is 389 g/mol. The van der Waals surface area contributed by atoms with E-state index in [4.69, 9.17) is 9.84 Å². The van der Waals surface area contributed by atoms with Crippen LogP contribution >= 0.6 is 11.3 Å². The van der Waals surface area contributed by atoms with Crippen LogP contribution in [0.25, 0.3) is 10.4 Å². The van der Waals surface area contributed by atoms with Crippen LogP contribution in [0.15, 0.2) is 54.6 Å². The first-order chi connectivity index (χ1) is 12.9. The molecule has 3 rings (SSSR count). The van der Waals surface area contributed by atoms with Crippen LogP contribution in [0.2, 0.25) is 0 Å². The Bertz CT molecular complexity index is 1000. The molecular formula is C19H13F2NO4S. The summed E-state index contributed by atoms with van der Waals surface area (Å²) in [7, 11) is 1.36. The molecular weight excluding hydrogens is 376 g/mol. The van der Waals surface area contributed by atoms with E-state index in [0.29, 0.717) is 10.9 Å². The van der Waals surface area contributed by atoms with E-state index in [1.54, 1.807) is 6.07 Å². The number of rotatable bonds is 4. The van der Waals surface area contributed by atoms with Crippen molar-refractivity contribution in [2.24, 2.45) is 0 Å². The Morgan fingerprint density at radius 1 is 1.07 bits per heavy atom. The van der Waals surface area contributed by atoms with E-state index in [2.05, 4.69) is 0 Å². The van der Waals surface area contributed by atoms with Crippen LogP contribution in [0, 0.1) is 11.6 Å². The maximum atomic E-state index is 13.9. The quantitative estimate of drug-likeness (QED) is 0.636. The first kappa shape index (κ1) is 18.5. The van der Waals surface area contributed by atoms with Gasteiger partial charge in [0.2, 0.25) is 5.06 Å². The highest BCUT2D eigenvalue weighted by atomic mass is 32.1. The topological polar surface area (TPSA) is 66.8 Å². The van der Waals surface area contributed by atoms with Gasteiger partial charge in [-0.1, -0.05) is 41.7 Å². The lowest BCUT2D eigenvalue weighted by molar-refractivity contribution is 0.0987. The largest absolute Gasteiger partial charge is 0.512 e. The van der Waals surface area contributed by atoms with Crippen molar-refractivity contribution in [1.82, 2.24) is 0 Å². The number of hydrogen-bond acceptors (Lipinski definition) is 4. The van der Waals surface area contributed by atoms with Crippen LogP contribution in [0.4, 0.5) is 19.3 Å². The predicted octanol–water partition coefficient (Wildman–Crippen LogP) is 5.03. The number of halogens is 2. The van der Waals surface area contributed by atoms with Gasteiger partial charge in [-0.15, -0.1) is 0 Å². The third-order valence-corrected chi connectivity index (χ3v) is 4.80. The summed E-state index contributed by atoms with van der Waals surface area (Å²) in [6, 6.07) is 13.3. The molecule has 1 N–H and O–H groups in total. The van der Waals surface area contributed by atoms with Crippen LogP contribution in [0.1, 0.15) is 10.4 Å². The van der Waals surface area contributed by atoms with Crippen LogP contribution < -0.4 is 9.64 Å². The van der Waals surface area contributed by atoms with Crippen LogP contribution in [-0.4, -0.2) is 24.2 Å². The van der Waals surface area contributed by atoms with Crippen molar-refractivity contribution in [2.75, 3.05) is 11.9 Å². The molecule has 27 heavy (non-hydrogen) atoms. The zero-order valence-electron chi connectivity index (χ0n) is 14.0. The highest BCUT2D eigenvalue weighted by molar-refractivity contribution is 7.18. The molecule has 1 aromatic heterocycles. The van der Waals surface area contributed by atoms with Gasteiger partial charge in [0.15, 0.2) is 0 Å². The van der Waals surface area contributed by atoms with Gasteiger partial charge in [0.05, 0.1) is 11.3 Å². The highest BCUT2D eigenvalue weighted by Crippen LogP contribution is 2.43. The van der Waals surface area contributed by atoms with Gasteiger partial charge in [-0.3, -0.25) is 4.79 Å². The first-order valence-electron chi connectivity index (χ1n) is 7.70. The molecule has 0 saturated heterocycles. The van der Waals surface area contributed by atoms with Crippen molar-refractivity contribution in [1.29, 1.82) is 0 Å². The molecule has 0 aliphatic carbocycles. The van der Waals surface area contributed by atoms with E-state index >= 15 is 0 Å². The van der Waals surface area contributed by atoms with Gasteiger partial charge < -0.3 is 14.7 Å². The maximum Gasteiger partial charge on any atom is 0.512 e. The molecule has 8 heteroatoms. The molecule has 3 aromatic rings. The van der Waals surface area contributed by atoms with Crippen molar-refractivity contribution in [3.8, 4) is 15.5 Å². The Labute approximate surface area is 157 Å². The molecule has 0 atom stereocenters. The molecule has 1 heterocycles. The van der Waals surface area contributed by atoms with Crippen molar-refractivity contribution >= 4 is 29.1 Å². The molecule has 0 aliphatic rings. The third-order valence-electron chi connectivity index (χ3n) is 3.75.